The second-order valence-electron chi connectivity index (χ2n) is 4.07. The van der Waals surface area contributed by atoms with Gasteiger partial charge in [-0.2, -0.15) is 5.26 Å². The lowest BCUT2D eigenvalue weighted by Crippen LogP contribution is -2.43. The van der Waals surface area contributed by atoms with E-state index in [1.54, 1.807) is 0 Å². The molecule has 0 aliphatic carbocycles. The number of hydrogen-bond acceptors (Lipinski definition) is 4. The van der Waals surface area contributed by atoms with Crippen molar-refractivity contribution in [2.75, 3.05) is 26.2 Å². The van der Waals surface area contributed by atoms with Crippen molar-refractivity contribution < 1.29 is 0 Å². The molecule has 1 N–H and O–H groups in total. The predicted molar refractivity (Wildman–Crippen MR) is 61.8 cm³/mol. The first-order chi connectivity index (χ1) is 7.79. The third kappa shape index (κ3) is 2.57. The van der Waals surface area contributed by atoms with Crippen molar-refractivity contribution in [2.24, 2.45) is 0 Å². The van der Waals surface area contributed by atoms with Gasteiger partial charge in [-0.1, -0.05) is 0 Å². The maximum absolute atomic E-state index is 8.82. The Morgan fingerprint density at radius 1 is 1.44 bits per heavy atom. The fourth-order valence-electron chi connectivity index (χ4n) is 1.92. The Morgan fingerprint density at radius 2 is 2.19 bits per heavy atom. The summed E-state index contributed by atoms with van der Waals surface area (Å²) in [6, 6.07) is 5.95. The van der Waals surface area contributed by atoms with Gasteiger partial charge in [0.1, 0.15) is 6.07 Å². The van der Waals surface area contributed by atoms with Crippen LogP contribution in [0.3, 0.4) is 0 Å². The highest BCUT2D eigenvalue weighted by atomic mass is 15.2. The Bertz CT molecular complexity index is 402. The molecule has 1 aromatic rings. The van der Waals surface area contributed by atoms with Gasteiger partial charge in [0.15, 0.2) is 0 Å². The predicted octanol–water partition coefficient (Wildman–Crippen LogP) is 0.667. The summed E-state index contributed by atoms with van der Waals surface area (Å²) in [7, 11) is 0. The average molecular weight is 216 g/mol. The minimum absolute atomic E-state index is 0.670. The van der Waals surface area contributed by atoms with Crippen molar-refractivity contribution in [3.8, 4) is 6.07 Å². The fraction of sp³-hybridized carbons (Fsp3) is 0.500. The first-order valence-electron chi connectivity index (χ1n) is 5.59. The molecular formula is C12H16N4. The van der Waals surface area contributed by atoms with Crippen LogP contribution in [0.1, 0.15) is 17.0 Å². The van der Waals surface area contributed by atoms with E-state index in [1.165, 1.54) is 0 Å². The van der Waals surface area contributed by atoms with Gasteiger partial charge in [0.2, 0.25) is 0 Å². The van der Waals surface area contributed by atoms with Gasteiger partial charge in [-0.05, 0) is 19.1 Å². The number of piperazine rings is 1. The maximum Gasteiger partial charge on any atom is 0.101 e. The lowest BCUT2D eigenvalue weighted by atomic mass is 10.2. The normalized spacial score (nSPS) is 17.0. The number of aromatic nitrogens is 1. The molecule has 1 fully saturated rings. The van der Waals surface area contributed by atoms with E-state index in [2.05, 4.69) is 21.3 Å². The lowest BCUT2D eigenvalue weighted by molar-refractivity contribution is 0.230. The molecule has 4 nitrogen and oxygen atoms in total. The number of rotatable bonds is 2. The molecule has 1 aliphatic heterocycles. The number of nitriles is 1. The Labute approximate surface area is 95.9 Å². The average Bonchev–Trinajstić information content (AvgIpc) is 2.31. The van der Waals surface area contributed by atoms with Crippen molar-refractivity contribution in [1.29, 1.82) is 5.26 Å². The van der Waals surface area contributed by atoms with Gasteiger partial charge in [0, 0.05) is 32.7 Å². The minimum Gasteiger partial charge on any atom is -0.314 e. The molecular weight excluding hydrogens is 200 g/mol. The van der Waals surface area contributed by atoms with Gasteiger partial charge in [0.05, 0.1) is 17.0 Å². The van der Waals surface area contributed by atoms with Crippen molar-refractivity contribution in [2.45, 2.75) is 13.5 Å². The second kappa shape index (κ2) is 5.06. The summed E-state index contributed by atoms with van der Waals surface area (Å²) in [5, 5.41) is 12.1. The van der Waals surface area contributed by atoms with Crippen molar-refractivity contribution in [1.82, 2.24) is 15.2 Å². The lowest BCUT2D eigenvalue weighted by Gasteiger charge is -2.26. The molecule has 0 radical (unpaired) electrons. The van der Waals surface area contributed by atoms with Crippen molar-refractivity contribution >= 4 is 0 Å². The molecule has 1 aromatic heterocycles. The minimum atomic E-state index is 0.670. The SMILES string of the molecule is Cc1nc(CN2CCNCC2)ccc1C#N. The molecule has 0 bridgehead atoms. The first-order valence-corrected chi connectivity index (χ1v) is 5.59. The number of nitrogens with zero attached hydrogens (tertiary/aromatic N) is 3. The standard InChI is InChI=1S/C12H16N4/c1-10-11(8-13)2-3-12(15-10)9-16-6-4-14-5-7-16/h2-3,14H,4-7,9H2,1H3. The number of hydrogen-bond donors (Lipinski definition) is 1. The Kier molecular flexibility index (Phi) is 3.50. The highest BCUT2D eigenvalue weighted by molar-refractivity contribution is 5.33. The molecule has 0 saturated carbocycles. The van der Waals surface area contributed by atoms with E-state index < -0.39 is 0 Å². The van der Waals surface area contributed by atoms with Crippen LogP contribution in [0.4, 0.5) is 0 Å². The quantitative estimate of drug-likeness (QED) is 0.789. The van der Waals surface area contributed by atoms with Gasteiger partial charge < -0.3 is 5.32 Å². The third-order valence-electron chi connectivity index (χ3n) is 2.86. The van der Waals surface area contributed by atoms with Gasteiger partial charge >= 0.3 is 0 Å². The van der Waals surface area contributed by atoms with Crippen LogP contribution in [0.25, 0.3) is 0 Å². The summed E-state index contributed by atoms with van der Waals surface area (Å²) in [4.78, 5) is 6.83. The smallest absolute Gasteiger partial charge is 0.101 e. The largest absolute Gasteiger partial charge is 0.314 e. The van der Waals surface area contributed by atoms with Gasteiger partial charge in [-0.15, -0.1) is 0 Å². The van der Waals surface area contributed by atoms with Crippen LogP contribution in [0.15, 0.2) is 12.1 Å². The molecule has 2 heterocycles. The molecule has 0 spiro atoms. The zero-order chi connectivity index (χ0) is 11.4. The molecule has 0 unspecified atom stereocenters. The van der Waals surface area contributed by atoms with Crippen LogP contribution in [-0.2, 0) is 6.54 Å². The van der Waals surface area contributed by atoms with E-state index in [0.717, 1.165) is 44.1 Å². The molecule has 1 saturated heterocycles. The monoisotopic (exact) mass is 216 g/mol. The molecule has 2 rings (SSSR count). The van der Waals surface area contributed by atoms with Crippen molar-refractivity contribution in [3.05, 3.63) is 29.1 Å². The summed E-state index contributed by atoms with van der Waals surface area (Å²) in [6.45, 7) is 7.01. The van der Waals surface area contributed by atoms with Crippen LogP contribution in [0.2, 0.25) is 0 Å². The molecule has 0 amide bonds. The molecule has 0 aromatic carbocycles. The van der Waals surface area contributed by atoms with Crippen LogP contribution in [0, 0.1) is 18.3 Å². The number of pyridine rings is 1. The Balaban J connectivity index is 2.04. The summed E-state index contributed by atoms with van der Waals surface area (Å²) in [5.41, 5.74) is 2.55. The zero-order valence-electron chi connectivity index (χ0n) is 9.53. The Morgan fingerprint density at radius 3 is 2.81 bits per heavy atom. The van der Waals surface area contributed by atoms with Gasteiger partial charge in [-0.25, -0.2) is 0 Å². The summed E-state index contributed by atoms with van der Waals surface area (Å²) >= 11 is 0. The van der Waals surface area contributed by atoms with Crippen LogP contribution < -0.4 is 5.32 Å². The van der Waals surface area contributed by atoms with E-state index >= 15 is 0 Å². The fourth-order valence-corrected chi connectivity index (χ4v) is 1.92. The molecule has 16 heavy (non-hydrogen) atoms. The van der Waals surface area contributed by atoms with Crippen LogP contribution >= 0.6 is 0 Å². The molecule has 1 aliphatic rings. The topological polar surface area (TPSA) is 52.0 Å². The van der Waals surface area contributed by atoms with Crippen LogP contribution in [-0.4, -0.2) is 36.1 Å². The highest BCUT2D eigenvalue weighted by Crippen LogP contribution is 2.08. The first kappa shape index (κ1) is 11.1. The zero-order valence-corrected chi connectivity index (χ0v) is 9.53. The van der Waals surface area contributed by atoms with Crippen LogP contribution in [0.5, 0.6) is 0 Å². The molecule has 4 heteroatoms. The van der Waals surface area contributed by atoms with Gasteiger partial charge in [-0.3, -0.25) is 9.88 Å². The second-order valence-corrected chi connectivity index (χ2v) is 4.07. The van der Waals surface area contributed by atoms with E-state index in [0.29, 0.717) is 5.56 Å². The Hall–Kier alpha value is -1.44. The summed E-state index contributed by atoms with van der Waals surface area (Å²) in [5.74, 6) is 0. The summed E-state index contributed by atoms with van der Waals surface area (Å²) in [6.07, 6.45) is 0. The summed E-state index contributed by atoms with van der Waals surface area (Å²) < 4.78 is 0. The molecule has 0 atom stereocenters. The third-order valence-corrected chi connectivity index (χ3v) is 2.86. The van der Waals surface area contributed by atoms with E-state index in [1.807, 2.05) is 19.1 Å². The van der Waals surface area contributed by atoms with E-state index in [4.69, 9.17) is 5.26 Å². The van der Waals surface area contributed by atoms with Crippen molar-refractivity contribution in [3.63, 3.8) is 0 Å². The van der Waals surface area contributed by atoms with Gasteiger partial charge in [0.25, 0.3) is 0 Å². The van der Waals surface area contributed by atoms with E-state index in [9.17, 15) is 0 Å². The maximum atomic E-state index is 8.82. The number of nitrogens with one attached hydrogen (secondary N) is 1. The molecule has 84 valence electrons. The highest BCUT2D eigenvalue weighted by Gasteiger charge is 2.11. The van der Waals surface area contributed by atoms with E-state index in [-0.39, 0.29) is 0 Å². The number of aryl methyl sites for hydroxylation is 1.